The number of furan rings is 2. The zero-order valence-corrected chi connectivity index (χ0v) is 35.2. The van der Waals surface area contributed by atoms with Gasteiger partial charge < -0.3 is 18.0 Å². The normalized spacial score (nSPS) is 16.0. The Morgan fingerprint density at radius 2 is 1.12 bits per heavy atom. The van der Waals surface area contributed by atoms with E-state index in [9.17, 15) is 0 Å². The highest BCUT2D eigenvalue weighted by Crippen LogP contribution is 2.44. The van der Waals surface area contributed by atoms with E-state index in [4.69, 9.17) is 8.83 Å². The van der Waals surface area contributed by atoms with Gasteiger partial charge in [-0.05, 0) is 144 Å². The Bertz CT molecular complexity index is 3840. The van der Waals surface area contributed by atoms with Gasteiger partial charge in [-0.15, -0.1) is 0 Å². The monoisotopic (exact) mass is 822 g/mol. The Kier molecular flexibility index (Phi) is 7.73. The van der Waals surface area contributed by atoms with Gasteiger partial charge in [0.05, 0.1) is 11.0 Å². The first-order valence-electron chi connectivity index (χ1n) is 22.7. The molecule has 3 aliphatic carbocycles. The van der Waals surface area contributed by atoms with Crippen molar-refractivity contribution >= 4 is 89.1 Å². The third-order valence-corrected chi connectivity index (χ3v) is 14.2. The molecule has 1 atom stereocenters. The van der Waals surface area contributed by atoms with Crippen LogP contribution in [0.15, 0.2) is 185 Å². The molecule has 14 rings (SSSR count). The molecule has 0 saturated heterocycles. The number of benzene rings is 7. The van der Waals surface area contributed by atoms with Crippen molar-refractivity contribution < 1.29 is 8.83 Å². The molecule has 7 aromatic carbocycles. The summed E-state index contributed by atoms with van der Waals surface area (Å²) in [5.74, 6) is 0.166. The molecule has 0 bridgehead atoms. The summed E-state index contributed by atoms with van der Waals surface area (Å²) in [5.41, 5.74) is 20.4. The van der Waals surface area contributed by atoms with Gasteiger partial charge in [-0.2, -0.15) is 0 Å². The van der Waals surface area contributed by atoms with Crippen molar-refractivity contribution in [2.45, 2.75) is 38.0 Å². The molecular weight excluding hydrogens is 781 g/mol. The number of hydrogen-bond acceptors (Lipinski definition) is 2. The molecule has 3 aliphatic rings. The lowest BCUT2D eigenvalue weighted by Gasteiger charge is -2.26. The first kappa shape index (κ1) is 35.7. The van der Waals surface area contributed by atoms with Crippen molar-refractivity contribution in [3.05, 3.63) is 210 Å². The molecule has 0 radical (unpaired) electrons. The molecular formula is C60H42N2O2. The maximum atomic E-state index is 6.49. The number of rotatable bonds is 5. The van der Waals surface area contributed by atoms with Crippen molar-refractivity contribution in [1.29, 1.82) is 0 Å². The quantitative estimate of drug-likeness (QED) is 0.173. The van der Waals surface area contributed by atoms with E-state index >= 15 is 0 Å². The molecule has 304 valence electrons. The van der Waals surface area contributed by atoms with Gasteiger partial charge in [0.2, 0.25) is 0 Å². The van der Waals surface area contributed by atoms with Crippen molar-refractivity contribution in [1.82, 2.24) is 9.13 Å². The Balaban J connectivity index is 0.891. The van der Waals surface area contributed by atoms with Gasteiger partial charge >= 0.3 is 0 Å². The van der Waals surface area contributed by atoms with Crippen LogP contribution < -0.4 is 0 Å². The number of fused-ring (bicyclic) bond motifs is 12. The van der Waals surface area contributed by atoms with Crippen LogP contribution in [0.4, 0.5) is 0 Å². The number of allylic oxidation sites excluding steroid dienone is 6. The minimum absolute atomic E-state index is 0.166. The fourth-order valence-electron chi connectivity index (χ4n) is 11.2. The van der Waals surface area contributed by atoms with Crippen LogP contribution in [0.1, 0.15) is 58.8 Å². The second-order valence-electron chi connectivity index (χ2n) is 17.8. The summed E-state index contributed by atoms with van der Waals surface area (Å²) >= 11 is 0. The third-order valence-electron chi connectivity index (χ3n) is 14.2. The summed E-state index contributed by atoms with van der Waals surface area (Å²) in [4.78, 5) is 0. The fourth-order valence-corrected chi connectivity index (χ4v) is 11.2. The Labute approximate surface area is 370 Å². The summed E-state index contributed by atoms with van der Waals surface area (Å²) in [6.07, 6.45) is 19.7. The van der Waals surface area contributed by atoms with Crippen LogP contribution in [0.2, 0.25) is 0 Å². The standard InChI is InChI=1S/C60H42N2O2/c1-6-19-53-45(14-1)46-15-2-7-20-54(46)61(53)43-26-29-60-52(36-43)51-34-39(24-27-59(51)64-60)37-12-11-13-38(30-37)41-31-42(40-25-28-58-50(35-40)49-18-5-10-23-57(49)63-58)33-44(32-41)62-55-21-8-3-16-47(55)48-17-4-9-22-56(48)62/h1-3,5-7,9-16,18-20,22-30,32-36,41H,4,8,17,21,31H2. The highest BCUT2D eigenvalue weighted by Gasteiger charge is 2.28. The Morgan fingerprint density at radius 1 is 0.484 bits per heavy atom. The minimum atomic E-state index is 0.166. The zero-order valence-electron chi connectivity index (χ0n) is 35.2. The van der Waals surface area contributed by atoms with Crippen molar-refractivity contribution in [2.24, 2.45) is 0 Å². The maximum Gasteiger partial charge on any atom is 0.135 e. The fraction of sp³-hybridized carbons (Fsp3) is 0.100. The highest BCUT2D eigenvalue weighted by atomic mass is 16.3. The molecule has 0 amide bonds. The van der Waals surface area contributed by atoms with E-state index in [1.54, 1.807) is 0 Å². The largest absolute Gasteiger partial charge is 0.456 e. The number of para-hydroxylation sites is 3. The summed E-state index contributed by atoms with van der Waals surface area (Å²) < 4.78 is 17.8. The highest BCUT2D eigenvalue weighted by molar-refractivity contribution is 6.11. The van der Waals surface area contributed by atoms with Crippen LogP contribution in [-0.2, 0) is 12.8 Å². The molecule has 0 spiro atoms. The maximum absolute atomic E-state index is 6.49. The van der Waals surface area contributed by atoms with E-state index in [0.717, 1.165) is 81.7 Å². The second kappa shape index (κ2) is 13.8. The Morgan fingerprint density at radius 3 is 1.95 bits per heavy atom. The molecule has 4 heterocycles. The third kappa shape index (κ3) is 5.42. The predicted octanol–water partition coefficient (Wildman–Crippen LogP) is 16.1. The second-order valence-corrected chi connectivity index (χ2v) is 17.8. The van der Waals surface area contributed by atoms with Crippen LogP contribution in [-0.4, -0.2) is 9.13 Å². The molecule has 0 saturated carbocycles. The van der Waals surface area contributed by atoms with Gasteiger partial charge in [0.25, 0.3) is 0 Å². The molecule has 4 nitrogen and oxygen atoms in total. The lowest BCUT2D eigenvalue weighted by Crippen LogP contribution is -2.11. The van der Waals surface area contributed by atoms with Crippen LogP contribution in [0.5, 0.6) is 0 Å². The van der Waals surface area contributed by atoms with Gasteiger partial charge in [-0.25, -0.2) is 0 Å². The zero-order chi connectivity index (χ0) is 41.9. The molecule has 0 fully saturated rings. The van der Waals surface area contributed by atoms with Crippen LogP contribution >= 0.6 is 0 Å². The van der Waals surface area contributed by atoms with Crippen LogP contribution in [0.3, 0.4) is 0 Å². The summed E-state index contributed by atoms with van der Waals surface area (Å²) in [7, 11) is 0. The Hall–Kier alpha value is -7.82. The van der Waals surface area contributed by atoms with Gasteiger partial charge in [0, 0.05) is 61.0 Å². The summed E-state index contributed by atoms with van der Waals surface area (Å²) in [5, 5.41) is 7.08. The molecule has 0 aliphatic heterocycles. The molecule has 4 heteroatoms. The predicted molar refractivity (Wildman–Crippen MR) is 266 cm³/mol. The van der Waals surface area contributed by atoms with Crippen LogP contribution in [0, 0.1) is 0 Å². The lowest BCUT2D eigenvalue weighted by molar-refractivity contribution is 0.668. The number of aromatic nitrogens is 2. The molecule has 4 aromatic heterocycles. The molecule has 0 N–H and O–H groups in total. The number of hydrogen-bond donors (Lipinski definition) is 0. The number of nitrogens with zero attached hydrogens (tertiary/aromatic N) is 2. The SMILES string of the molecule is C1=Cc2c(c3c(n2C2=CC(c4cccc(-c5ccc6oc7ccc(-n8c9ccccc9c9ccccc98)cc7c6c5)c4)CC(c4ccc5oc6ccccc6c5c4)=C2)CCC=C3)CC1. The van der Waals surface area contributed by atoms with E-state index in [-0.39, 0.29) is 5.92 Å². The van der Waals surface area contributed by atoms with E-state index in [1.807, 2.05) is 6.07 Å². The molecule has 11 aromatic rings. The topological polar surface area (TPSA) is 36.1 Å². The summed E-state index contributed by atoms with van der Waals surface area (Å²) in [6, 6.07) is 55.1. The van der Waals surface area contributed by atoms with Gasteiger partial charge in [0.1, 0.15) is 22.3 Å². The molecule has 64 heavy (non-hydrogen) atoms. The van der Waals surface area contributed by atoms with Gasteiger partial charge in [0.15, 0.2) is 0 Å². The van der Waals surface area contributed by atoms with Gasteiger partial charge in [-0.3, -0.25) is 0 Å². The van der Waals surface area contributed by atoms with E-state index in [0.29, 0.717) is 0 Å². The van der Waals surface area contributed by atoms with Crippen molar-refractivity contribution in [2.75, 3.05) is 0 Å². The van der Waals surface area contributed by atoms with E-state index < -0.39 is 0 Å². The van der Waals surface area contributed by atoms with Crippen LogP contribution in [0.25, 0.3) is 106 Å². The first-order valence-corrected chi connectivity index (χ1v) is 22.7. The summed E-state index contributed by atoms with van der Waals surface area (Å²) in [6.45, 7) is 0. The smallest absolute Gasteiger partial charge is 0.135 e. The average molecular weight is 823 g/mol. The van der Waals surface area contributed by atoms with E-state index in [1.165, 1.54) is 77.8 Å². The van der Waals surface area contributed by atoms with E-state index in [2.05, 4.69) is 191 Å². The minimum Gasteiger partial charge on any atom is -0.456 e. The van der Waals surface area contributed by atoms with Gasteiger partial charge in [-0.1, -0.05) is 115 Å². The van der Waals surface area contributed by atoms with Crippen molar-refractivity contribution in [3.8, 4) is 16.8 Å². The lowest BCUT2D eigenvalue weighted by atomic mass is 9.83. The average Bonchev–Trinajstić information content (AvgIpc) is 4.11. The first-order chi connectivity index (χ1) is 31.7. The van der Waals surface area contributed by atoms with Crippen molar-refractivity contribution in [3.63, 3.8) is 0 Å². The molecule has 1 unspecified atom stereocenters.